The molecule has 2 aromatic rings. The first-order valence-corrected chi connectivity index (χ1v) is 12.7. The van der Waals surface area contributed by atoms with Gasteiger partial charge in [0.15, 0.2) is 22.3 Å². The molecule has 0 saturated carbocycles. The average Bonchev–Trinajstić information content (AvgIpc) is 3.38. The van der Waals surface area contributed by atoms with E-state index in [1.54, 1.807) is 4.90 Å². The molecule has 3 heterocycles. The zero-order valence-electron chi connectivity index (χ0n) is 18.0. The van der Waals surface area contributed by atoms with Gasteiger partial charge in [0.2, 0.25) is 0 Å². The summed E-state index contributed by atoms with van der Waals surface area (Å²) < 4.78 is 35.8. The number of hydrogen-bond acceptors (Lipinski definition) is 6. The Morgan fingerprint density at radius 3 is 2.55 bits per heavy atom. The van der Waals surface area contributed by atoms with Crippen molar-refractivity contribution >= 4 is 21.6 Å². The molecule has 8 heteroatoms. The molecule has 2 saturated heterocycles. The highest BCUT2D eigenvalue weighted by Gasteiger charge is 2.35. The Morgan fingerprint density at radius 2 is 1.87 bits per heavy atom. The first-order valence-electron chi connectivity index (χ1n) is 10.9. The summed E-state index contributed by atoms with van der Waals surface area (Å²) in [5.41, 5.74) is 1.11. The van der Waals surface area contributed by atoms with Crippen LogP contribution in [0.4, 0.5) is 5.88 Å². The van der Waals surface area contributed by atoms with Crippen LogP contribution in [0.25, 0.3) is 0 Å². The highest BCUT2D eigenvalue weighted by Crippen LogP contribution is 2.26. The van der Waals surface area contributed by atoms with Gasteiger partial charge in [0.05, 0.1) is 18.1 Å². The van der Waals surface area contributed by atoms with Crippen molar-refractivity contribution in [1.82, 2.24) is 4.90 Å². The van der Waals surface area contributed by atoms with Gasteiger partial charge >= 0.3 is 0 Å². The third-order valence-corrected chi connectivity index (χ3v) is 7.74. The van der Waals surface area contributed by atoms with Gasteiger partial charge in [0.25, 0.3) is 5.91 Å². The number of ether oxygens (including phenoxy) is 1. The molecular weight excluding hydrogens is 416 g/mol. The molecule has 0 aliphatic carbocycles. The Morgan fingerprint density at radius 1 is 1.13 bits per heavy atom. The van der Waals surface area contributed by atoms with Crippen LogP contribution in [0, 0.1) is 6.92 Å². The lowest BCUT2D eigenvalue weighted by Crippen LogP contribution is -2.43. The van der Waals surface area contributed by atoms with Crippen LogP contribution >= 0.6 is 0 Å². The minimum Gasteiger partial charge on any atom is -0.484 e. The molecule has 31 heavy (non-hydrogen) atoms. The number of carbonyl (C=O) groups is 1. The molecule has 168 valence electrons. The van der Waals surface area contributed by atoms with Gasteiger partial charge in [-0.25, -0.2) is 8.42 Å². The second-order valence-electron chi connectivity index (χ2n) is 8.47. The monoisotopic (exact) mass is 446 g/mol. The van der Waals surface area contributed by atoms with Crippen molar-refractivity contribution in [3.63, 3.8) is 0 Å². The number of rotatable bonds is 7. The number of aryl methyl sites for hydroxylation is 1. The smallest absolute Gasteiger partial charge is 0.261 e. The van der Waals surface area contributed by atoms with Crippen molar-refractivity contribution < 1.29 is 22.4 Å². The molecule has 2 aliphatic heterocycles. The van der Waals surface area contributed by atoms with Crippen molar-refractivity contribution in [2.45, 2.75) is 45.2 Å². The maximum Gasteiger partial charge on any atom is 0.261 e. The van der Waals surface area contributed by atoms with E-state index in [1.807, 2.05) is 43.3 Å². The third kappa shape index (κ3) is 5.61. The van der Waals surface area contributed by atoms with Crippen LogP contribution in [-0.4, -0.2) is 56.5 Å². The van der Waals surface area contributed by atoms with E-state index >= 15 is 0 Å². The number of hydrogen-bond donors (Lipinski definition) is 0. The van der Waals surface area contributed by atoms with Crippen molar-refractivity contribution in [3.8, 4) is 5.75 Å². The van der Waals surface area contributed by atoms with Gasteiger partial charge in [-0.3, -0.25) is 4.79 Å². The quantitative estimate of drug-likeness (QED) is 0.650. The fourth-order valence-electron chi connectivity index (χ4n) is 4.21. The van der Waals surface area contributed by atoms with Crippen LogP contribution < -0.4 is 9.64 Å². The number of anilines is 1. The second kappa shape index (κ2) is 9.34. The van der Waals surface area contributed by atoms with Crippen LogP contribution in [0.5, 0.6) is 5.75 Å². The standard InChI is InChI=1S/C23H30N2O5S/c1-18-5-7-20(8-6-18)29-16-22(26)25(19-11-14-31(27,28)17-19)15-21-9-10-23(30-21)24-12-3-2-4-13-24/h5-10,19H,2-4,11-17H2,1H3. The lowest BCUT2D eigenvalue weighted by Gasteiger charge is -2.28. The number of nitrogens with zero attached hydrogens (tertiary/aromatic N) is 2. The summed E-state index contributed by atoms with van der Waals surface area (Å²) in [4.78, 5) is 16.9. The molecule has 1 aromatic carbocycles. The highest BCUT2D eigenvalue weighted by atomic mass is 32.2. The zero-order valence-corrected chi connectivity index (χ0v) is 18.8. The molecule has 0 radical (unpaired) electrons. The first kappa shape index (κ1) is 21.7. The van der Waals surface area contributed by atoms with E-state index in [9.17, 15) is 13.2 Å². The van der Waals surface area contributed by atoms with Gasteiger partial charge < -0.3 is 19.0 Å². The predicted molar refractivity (Wildman–Crippen MR) is 119 cm³/mol. The maximum atomic E-state index is 13.0. The van der Waals surface area contributed by atoms with Crippen LogP contribution in [0.3, 0.4) is 0 Å². The van der Waals surface area contributed by atoms with Gasteiger partial charge in [-0.1, -0.05) is 17.7 Å². The largest absolute Gasteiger partial charge is 0.484 e. The Balaban J connectivity index is 1.45. The summed E-state index contributed by atoms with van der Waals surface area (Å²) in [7, 11) is -3.12. The van der Waals surface area contributed by atoms with Crippen molar-refractivity contribution in [1.29, 1.82) is 0 Å². The van der Waals surface area contributed by atoms with Crippen LogP contribution in [0.15, 0.2) is 40.8 Å². The molecule has 4 rings (SSSR count). The molecule has 1 aromatic heterocycles. The fourth-order valence-corrected chi connectivity index (χ4v) is 5.94. The van der Waals surface area contributed by atoms with E-state index < -0.39 is 9.84 Å². The Bertz CT molecular complexity index is 993. The van der Waals surface area contributed by atoms with E-state index in [-0.39, 0.29) is 36.6 Å². The molecule has 2 fully saturated rings. The minimum absolute atomic E-state index is 0.0109. The number of amides is 1. The summed E-state index contributed by atoms with van der Waals surface area (Å²) >= 11 is 0. The minimum atomic E-state index is -3.12. The lowest BCUT2D eigenvalue weighted by atomic mass is 10.1. The molecular formula is C23H30N2O5S. The number of piperidine rings is 1. The highest BCUT2D eigenvalue weighted by molar-refractivity contribution is 7.91. The van der Waals surface area contributed by atoms with Crippen LogP contribution in [0.2, 0.25) is 0 Å². The van der Waals surface area contributed by atoms with Gasteiger partial charge in [-0.05, 0) is 50.8 Å². The van der Waals surface area contributed by atoms with Gasteiger partial charge in [0, 0.05) is 25.2 Å². The zero-order chi connectivity index (χ0) is 21.8. The van der Waals surface area contributed by atoms with E-state index in [0.29, 0.717) is 17.9 Å². The molecule has 7 nitrogen and oxygen atoms in total. The van der Waals surface area contributed by atoms with E-state index in [4.69, 9.17) is 9.15 Å². The molecule has 1 atom stereocenters. The second-order valence-corrected chi connectivity index (χ2v) is 10.7. The topological polar surface area (TPSA) is 80.1 Å². The number of furan rings is 1. The summed E-state index contributed by atoms with van der Waals surface area (Å²) in [6.45, 7) is 4.03. The molecule has 1 unspecified atom stereocenters. The number of benzene rings is 1. The summed E-state index contributed by atoms with van der Waals surface area (Å²) in [5.74, 6) is 1.95. The summed E-state index contributed by atoms with van der Waals surface area (Å²) in [6, 6.07) is 11.0. The fraction of sp³-hybridized carbons (Fsp3) is 0.522. The van der Waals surface area contributed by atoms with Gasteiger partial charge in [-0.15, -0.1) is 0 Å². The van der Waals surface area contributed by atoms with Crippen molar-refractivity contribution in [2.24, 2.45) is 0 Å². The van der Waals surface area contributed by atoms with Gasteiger partial charge in [-0.2, -0.15) is 0 Å². The predicted octanol–water partition coefficient (Wildman–Crippen LogP) is 3.17. The van der Waals surface area contributed by atoms with E-state index in [0.717, 1.165) is 37.4 Å². The van der Waals surface area contributed by atoms with E-state index in [2.05, 4.69) is 4.90 Å². The third-order valence-electron chi connectivity index (χ3n) is 5.99. The van der Waals surface area contributed by atoms with Gasteiger partial charge in [0.1, 0.15) is 11.5 Å². The maximum absolute atomic E-state index is 13.0. The SMILES string of the molecule is Cc1ccc(OCC(=O)N(Cc2ccc(N3CCCCC3)o2)C2CCS(=O)(=O)C2)cc1. The Hall–Kier alpha value is -2.48. The molecule has 1 amide bonds. The summed E-state index contributed by atoms with van der Waals surface area (Å²) in [5, 5.41) is 0. The molecule has 0 N–H and O–H groups in total. The summed E-state index contributed by atoms with van der Waals surface area (Å²) in [6.07, 6.45) is 3.98. The van der Waals surface area contributed by atoms with Crippen LogP contribution in [-0.2, 0) is 21.2 Å². The van der Waals surface area contributed by atoms with E-state index in [1.165, 1.54) is 6.42 Å². The number of sulfone groups is 1. The van der Waals surface area contributed by atoms with Crippen molar-refractivity contribution in [3.05, 3.63) is 47.7 Å². The first-order chi connectivity index (χ1) is 14.9. The molecule has 2 aliphatic rings. The Kier molecular flexibility index (Phi) is 6.55. The van der Waals surface area contributed by atoms with Crippen molar-refractivity contribution in [2.75, 3.05) is 36.1 Å². The number of carbonyl (C=O) groups excluding carboxylic acids is 1. The Labute approximate surface area is 183 Å². The lowest BCUT2D eigenvalue weighted by molar-refractivity contribution is -0.136. The van der Waals surface area contributed by atoms with Crippen LogP contribution in [0.1, 0.15) is 37.0 Å². The molecule has 0 spiro atoms. The molecule has 0 bridgehead atoms. The normalized spacial score (nSPS) is 20.5. The average molecular weight is 447 g/mol.